The Labute approximate surface area is 336 Å². The summed E-state index contributed by atoms with van der Waals surface area (Å²) < 4.78 is 16.4. The molecule has 1 aliphatic carbocycles. The molecule has 9 rings (SSSR count). The van der Waals surface area contributed by atoms with E-state index in [0.717, 1.165) is 80.0 Å². The van der Waals surface area contributed by atoms with Crippen LogP contribution >= 0.6 is 0 Å². The van der Waals surface area contributed by atoms with Gasteiger partial charge in [-0.2, -0.15) is 16.7 Å². The fourth-order valence-electron chi connectivity index (χ4n) is 8.18. The summed E-state index contributed by atoms with van der Waals surface area (Å²) in [6.45, 7) is 6.75. The minimum absolute atomic E-state index is 0. The normalized spacial score (nSPS) is 15.5. The van der Waals surface area contributed by atoms with E-state index < -0.39 is 0 Å². The number of hydrogen-bond acceptors (Lipinski definition) is 4. The number of rotatable bonds is 8. The predicted molar refractivity (Wildman–Crippen MR) is 217 cm³/mol. The molecule has 0 saturated carbocycles. The number of para-hydroxylation sites is 1. The molecule has 5 aromatic carbocycles. The molecule has 0 spiro atoms. The minimum Gasteiger partial charge on any atom is -0.509 e. The molecule has 8 aromatic rings. The van der Waals surface area contributed by atoms with E-state index in [1.54, 1.807) is 13.3 Å². The quantitative estimate of drug-likeness (QED) is 0.113. The van der Waals surface area contributed by atoms with Gasteiger partial charge in [-0.1, -0.05) is 110 Å². The van der Waals surface area contributed by atoms with E-state index in [-0.39, 0.29) is 27.0 Å². The van der Waals surface area contributed by atoms with Crippen molar-refractivity contribution in [3.8, 4) is 51.3 Å². The Hall–Kier alpha value is -5.71. The number of ether oxygens (including phenoxy) is 2. The zero-order valence-electron chi connectivity index (χ0n) is 31.2. The minimum atomic E-state index is 0. The van der Waals surface area contributed by atoms with E-state index in [9.17, 15) is 0 Å². The fraction of sp³-hybridized carbons (Fsp3) is 0.167. The van der Waals surface area contributed by atoms with Crippen LogP contribution in [-0.2, 0) is 21.1 Å². The molecule has 3 heterocycles. The first kappa shape index (κ1) is 36.3. The molecule has 0 aliphatic heterocycles. The maximum absolute atomic E-state index is 6.66. The molecule has 0 bridgehead atoms. The van der Waals surface area contributed by atoms with Crippen LogP contribution in [0, 0.1) is 25.0 Å². The zero-order valence-corrected chi connectivity index (χ0v) is 33.5. The number of fused-ring (bicyclic) bond motifs is 3. The Kier molecular flexibility index (Phi) is 10.0. The van der Waals surface area contributed by atoms with Gasteiger partial charge in [-0.25, -0.2) is 4.98 Å². The Morgan fingerprint density at radius 2 is 1.51 bits per heavy atom. The van der Waals surface area contributed by atoms with Crippen LogP contribution in [0.25, 0.3) is 55.8 Å². The van der Waals surface area contributed by atoms with E-state index in [2.05, 4.69) is 139 Å². The Morgan fingerprint density at radius 1 is 0.764 bits per heavy atom. The summed E-state index contributed by atoms with van der Waals surface area (Å²) in [5.41, 5.74) is 10.7. The first-order valence-electron chi connectivity index (χ1n) is 18.6. The van der Waals surface area contributed by atoms with Crippen LogP contribution in [0.3, 0.4) is 0 Å². The first-order valence-corrected chi connectivity index (χ1v) is 18.6. The van der Waals surface area contributed by atoms with Gasteiger partial charge in [-0.3, -0.25) is 4.68 Å². The average molecular weight is 900 g/mol. The van der Waals surface area contributed by atoms with Gasteiger partial charge in [0.2, 0.25) is 0 Å². The van der Waals surface area contributed by atoms with Gasteiger partial charge in [-0.05, 0) is 48.9 Å². The monoisotopic (exact) mass is 899 g/mol. The van der Waals surface area contributed by atoms with Crippen molar-refractivity contribution in [2.24, 2.45) is 5.92 Å². The van der Waals surface area contributed by atoms with Gasteiger partial charge >= 0.3 is 21.1 Å². The molecule has 55 heavy (non-hydrogen) atoms. The SMILES string of the molecule is COc1ccnc(-n2c3[c-]c(Oc4[c-]c(-n5nc(-c6ccccc6)c(C6C(C)=CCC[C@@H]6C)c5-c5ccccc5)cc(C)c4)ccc3c3ccccc32)c1.[Pt+2]. The van der Waals surface area contributed by atoms with Gasteiger partial charge in [0.1, 0.15) is 11.6 Å². The second-order valence-electron chi connectivity index (χ2n) is 14.2. The zero-order chi connectivity index (χ0) is 36.8. The van der Waals surface area contributed by atoms with E-state index in [1.165, 1.54) is 11.1 Å². The summed E-state index contributed by atoms with van der Waals surface area (Å²) in [5.74, 6) is 3.33. The third-order valence-corrected chi connectivity index (χ3v) is 10.6. The van der Waals surface area contributed by atoms with Crippen molar-refractivity contribution in [3.05, 3.63) is 162 Å². The van der Waals surface area contributed by atoms with E-state index >= 15 is 0 Å². The number of aryl methyl sites for hydroxylation is 1. The number of benzene rings is 5. The maximum Gasteiger partial charge on any atom is 2.00 e. The Bertz CT molecular complexity index is 2680. The fourth-order valence-corrected chi connectivity index (χ4v) is 8.18. The summed E-state index contributed by atoms with van der Waals surface area (Å²) in [6, 6.07) is 48.8. The molecule has 2 atom stereocenters. The van der Waals surface area contributed by atoms with Crippen LogP contribution in [0.1, 0.15) is 43.7 Å². The largest absolute Gasteiger partial charge is 2.00 e. The molecule has 0 amide bonds. The third kappa shape index (κ3) is 6.70. The van der Waals surface area contributed by atoms with Crippen molar-refractivity contribution in [2.45, 2.75) is 39.5 Å². The van der Waals surface area contributed by atoms with Crippen molar-refractivity contribution in [1.82, 2.24) is 19.3 Å². The number of nitrogens with zero attached hydrogens (tertiary/aromatic N) is 4. The van der Waals surface area contributed by atoms with Gasteiger partial charge in [0, 0.05) is 51.9 Å². The molecule has 0 saturated heterocycles. The predicted octanol–water partition coefficient (Wildman–Crippen LogP) is 11.9. The summed E-state index contributed by atoms with van der Waals surface area (Å²) in [6.07, 6.45) is 6.41. The summed E-state index contributed by atoms with van der Waals surface area (Å²) in [4.78, 5) is 4.71. The summed E-state index contributed by atoms with van der Waals surface area (Å²) in [7, 11) is 1.67. The second kappa shape index (κ2) is 15.2. The van der Waals surface area contributed by atoms with Crippen LogP contribution < -0.4 is 9.47 Å². The molecule has 0 radical (unpaired) electrons. The summed E-state index contributed by atoms with van der Waals surface area (Å²) >= 11 is 0. The molecule has 0 N–H and O–H groups in total. The molecule has 0 fully saturated rings. The molecule has 6 nitrogen and oxygen atoms in total. The first-order chi connectivity index (χ1) is 26.5. The molecule has 3 aromatic heterocycles. The smallest absolute Gasteiger partial charge is 0.509 e. The van der Waals surface area contributed by atoms with Gasteiger partial charge in [0.25, 0.3) is 0 Å². The van der Waals surface area contributed by atoms with Crippen molar-refractivity contribution in [3.63, 3.8) is 0 Å². The Morgan fingerprint density at radius 3 is 2.27 bits per heavy atom. The number of hydrogen-bond donors (Lipinski definition) is 0. The van der Waals surface area contributed by atoms with Crippen LogP contribution in [0.15, 0.2) is 139 Å². The number of methoxy groups -OCH3 is 1. The van der Waals surface area contributed by atoms with Crippen molar-refractivity contribution in [1.29, 1.82) is 0 Å². The van der Waals surface area contributed by atoms with Crippen molar-refractivity contribution in [2.75, 3.05) is 7.11 Å². The molecule has 7 heteroatoms. The van der Waals surface area contributed by atoms with E-state index in [4.69, 9.17) is 19.6 Å². The van der Waals surface area contributed by atoms with E-state index in [0.29, 0.717) is 17.4 Å². The molecular weight excluding hydrogens is 860 g/mol. The van der Waals surface area contributed by atoms with Gasteiger partial charge < -0.3 is 14.0 Å². The van der Waals surface area contributed by atoms with E-state index in [1.807, 2.05) is 30.3 Å². The number of pyridine rings is 1. The maximum atomic E-state index is 6.66. The topological polar surface area (TPSA) is 54.1 Å². The van der Waals surface area contributed by atoms with Gasteiger partial charge in [0.15, 0.2) is 0 Å². The van der Waals surface area contributed by atoms with Gasteiger partial charge in [-0.15, -0.1) is 35.7 Å². The molecule has 1 unspecified atom stereocenters. The van der Waals surface area contributed by atoms with Crippen LogP contribution in [0.4, 0.5) is 0 Å². The van der Waals surface area contributed by atoms with Crippen LogP contribution in [0.5, 0.6) is 17.2 Å². The number of aromatic nitrogens is 4. The molecule has 274 valence electrons. The molecular formula is C48H40N4O2Pt. The van der Waals surface area contributed by atoms with Gasteiger partial charge in [0.05, 0.1) is 18.5 Å². The average Bonchev–Trinajstić information content (AvgIpc) is 3.75. The third-order valence-electron chi connectivity index (χ3n) is 10.6. The molecule has 1 aliphatic rings. The summed E-state index contributed by atoms with van der Waals surface area (Å²) in [5, 5.41) is 7.63. The van der Waals surface area contributed by atoms with Crippen molar-refractivity contribution < 1.29 is 30.5 Å². The standard InChI is InChI=1S/C48H40N4O2.Pt/c1-31-26-36(52-48(35-18-9-6-10-19-35)46(45-32(2)14-13-15-33(45)3)47(50-52)34-16-7-5-8-17-34)28-39(27-31)54-38-22-23-41-40-20-11-12-21-42(40)51(43(41)29-38)44-30-37(53-4)24-25-49-44;/h5-12,14,16-27,30,33,45H,13,15H2,1-4H3;/q-2;+2/t33-,45?;/m0./s1. The van der Waals surface area contributed by atoms with Crippen molar-refractivity contribution >= 4 is 21.8 Å². The second-order valence-corrected chi connectivity index (χ2v) is 14.2. The Balaban J connectivity index is 0.00000427. The van der Waals surface area contributed by atoms with Crippen LogP contribution in [-0.4, -0.2) is 26.4 Å². The number of allylic oxidation sites excluding steroid dienone is 2. The van der Waals surface area contributed by atoms with Crippen LogP contribution in [0.2, 0.25) is 0 Å².